The van der Waals surface area contributed by atoms with E-state index in [1.54, 1.807) is 19.0 Å². The van der Waals surface area contributed by atoms with Crippen molar-refractivity contribution in [1.29, 1.82) is 0 Å². The summed E-state index contributed by atoms with van der Waals surface area (Å²) < 4.78 is 26.7. The lowest BCUT2D eigenvalue weighted by Gasteiger charge is -2.44. The molecule has 5 atom stereocenters. The first-order valence-electron chi connectivity index (χ1n) is 9.22. The summed E-state index contributed by atoms with van der Waals surface area (Å²) >= 11 is 5.16. The molecule has 174 valence electrons. The van der Waals surface area contributed by atoms with E-state index in [4.69, 9.17) is 35.9 Å². The molecule has 0 unspecified atom stereocenters. The molecule has 1 saturated heterocycles. The zero-order valence-electron chi connectivity index (χ0n) is 18.1. The van der Waals surface area contributed by atoms with E-state index >= 15 is 0 Å². The summed E-state index contributed by atoms with van der Waals surface area (Å²) in [6.07, 6.45) is -4.57. The molecule has 0 radical (unpaired) electrons. The molecule has 12 nitrogen and oxygen atoms in total. The molecular formula is C18H27N3O9S. The topological polar surface area (TPSA) is 142 Å². The predicted octanol–water partition coefficient (Wildman–Crippen LogP) is -0.466. The Bertz CT molecular complexity index is 728. The Labute approximate surface area is 185 Å². The average molecular weight is 461 g/mol. The molecule has 0 saturated carbocycles. The highest BCUT2D eigenvalue weighted by molar-refractivity contribution is 7.80. The zero-order valence-corrected chi connectivity index (χ0v) is 19.0. The molecule has 0 aromatic rings. The number of thiocarbonyl (C=S) groups is 1. The lowest BCUT2D eigenvalue weighted by Crippen LogP contribution is -2.66. The number of esters is 4. The van der Waals surface area contributed by atoms with E-state index in [2.05, 4.69) is 10.3 Å². The number of ether oxygens (including phenoxy) is 5. The van der Waals surface area contributed by atoms with Crippen LogP contribution in [0.1, 0.15) is 27.7 Å². The van der Waals surface area contributed by atoms with E-state index in [0.717, 1.165) is 20.8 Å². The highest BCUT2D eigenvalue weighted by Crippen LogP contribution is 2.28. The maximum absolute atomic E-state index is 11.7. The molecule has 1 aliphatic rings. The first-order valence-corrected chi connectivity index (χ1v) is 9.63. The van der Waals surface area contributed by atoms with Gasteiger partial charge in [-0.25, -0.2) is 4.99 Å². The number of carbonyl (C=O) groups excluding carboxylic acids is 4. The van der Waals surface area contributed by atoms with Crippen LogP contribution >= 0.6 is 12.2 Å². The van der Waals surface area contributed by atoms with Gasteiger partial charge in [-0.3, -0.25) is 19.2 Å². The largest absolute Gasteiger partial charge is 0.463 e. The molecule has 0 aromatic heterocycles. The van der Waals surface area contributed by atoms with Crippen molar-refractivity contribution in [2.24, 2.45) is 4.99 Å². The van der Waals surface area contributed by atoms with Crippen molar-refractivity contribution in [3.8, 4) is 0 Å². The van der Waals surface area contributed by atoms with E-state index in [1.165, 1.54) is 13.3 Å². The quantitative estimate of drug-likeness (QED) is 0.172. The third kappa shape index (κ3) is 9.26. The molecule has 13 heteroatoms. The van der Waals surface area contributed by atoms with Crippen LogP contribution in [0.5, 0.6) is 0 Å². The lowest BCUT2D eigenvalue weighted by atomic mass is 9.97. The van der Waals surface area contributed by atoms with Crippen LogP contribution in [0.15, 0.2) is 4.99 Å². The van der Waals surface area contributed by atoms with Crippen LogP contribution in [0.3, 0.4) is 0 Å². The van der Waals surface area contributed by atoms with Gasteiger partial charge in [0.15, 0.2) is 29.7 Å². The van der Waals surface area contributed by atoms with Crippen LogP contribution in [-0.4, -0.2) is 91.6 Å². The molecule has 1 rings (SSSR count). The van der Waals surface area contributed by atoms with Crippen LogP contribution in [0.25, 0.3) is 0 Å². The van der Waals surface area contributed by atoms with E-state index in [0.29, 0.717) is 0 Å². The number of aliphatic imine (C=N–C) groups is 1. The number of carbonyl (C=O) groups is 4. The summed E-state index contributed by atoms with van der Waals surface area (Å²) in [4.78, 5) is 52.1. The molecular weight excluding hydrogens is 434 g/mol. The molecule has 1 fully saturated rings. The van der Waals surface area contributed by atoms with Gasteiger partial charge >= 0.3 is 23.9 Å². The van der Waals surface area contributed by atoms with E-state index in [9.17, 15) is 19.2 Å². The molecule has 1 N–H and O–H groups in total. The van der Waals surface area contributed by atoms with Gasteiger partial charge in [0, 0.05) is 41.8 Å². The Morgan fingerprint density at radius 1 is 0.935 bits per heavy atom. The Balaban J connectivity index is 3.32. The van der Waals surface area contributed by atoms with Crippen molar-refractivity contribution in [3.63, 3.8) is 0 Å². The van der Waals surface area contributed by atoms with Gasteiger partial charge in [-0.15, -0.1) is 0 Å². The third-order valence-electron chi connectivity index (χ3n) is 3.66. The minimum atomic E-state index is -1.28. The summed E-state index contributed by atoms with van der Waals surface area (Å²) in [6.45, 7) is 4.29. The van der Waals surface area contributed by atoms with Gasteiger partial charge in [-0.05, 0) is 12.2 Å². The number of rotatable bonds is 7. The standard InChI is InChI=1S/C18H27N3O9S/c1-9(22)26-7-13-14(27-10(2)23)15(28-11(3)24)16(29-12(4)25)17(30-13)20-18(31)19-8-21(5)6/h8,13-17H,7H2,1-6H3,(H,20,31)/b19-8+/t13-,14-,15+,16+,17+/m1/s1. The minimum Gasteiger partial charge on any atom is -0.463 e. The van der Waals surface area contributed by atoms with Crippen molar-refractivity contribution in [2.45, 2.75) is 58.3 Å². The molecule has 0 spiro atoms. The van der Waals surface area contributed by atoms with Crippen molar-refractivity contribution < 1.29 is 42.9 Å². The summed E-state index contributed by atoms with van der Waals surface area (Å²) in [5.41, 5.74) is 0. The SMILES string of the molecule is CC(=O)OC[C@H]1O[C@H](NC(=S)/N=C/N(C)C)[C@@H](OC(C)=O)[C@@H](OC(C)=O)[C@@H]1OC(C)=O. The second-order valence-corrected chi connectivity index (χ2v) is 7.16. The smallest absolute Gasteiger partial charge is 0.303 e. The number of nitrogens with zero attached hydrogens (tertiary/aromatic N) is 2. The fraction of sp³-hybridized carbons (Fsp3) is 0.667. The van der Waals surface area contributed by atoms with Crippen molar-refractivity contribution in [3.05, 3.63) is 0 Å². The molecule has 1 heterocycles. The molecule has 1 aliphatic heterocycles. The molecule has 0 aliphatic carbocycles. The number of nitrogens with one attached hydrogen (secondary N) is 1. The average Bonchev–Trinajstić information content (AvgIpc) is 2.62. The Morgan fingerprint density at radius 3 is 1.94 bits per heavy atom. The summed E-state index contributed by atoms with van der Waals surface area (Å²) in [6, 6.07) is 0. The second kappa shape index (κ2) is 12.2. The number of hydrogen-bond donors (Lipinski definition) is 1. The Hall–Kier alpha value is -2.80. The molecule has 31 heavy (non-hydrogen) atoms. The zero-order chi connectivity index (χ0) is 23.7. The van der Waals surface area contributed by atoms with Crippen molar-refractivity contribution in [2.75, 3.05) is 20.7 Å². The summed E-state index contributed by atoms with van der Waals surface area (Å²) in [5.74, 6) is -2.75. The van der Waals surface area contributed by atoms with Crippen LogP contribution in [0, 0.1) is 0 Å². The highest BCUT2D eigenvalue weighted by atomic mass is 32.1. The van der Waals surface area contributed by atoms with Gasteiger partial charge in [0.25, 0.3) is 0 Å². The van der Waals surface area contributed by atoms with Crippen molar-refractivity contribution >= 4 is 47.5 Å². The van der Waals surface area contributed by atoms with Gasteiger partial charge in [0.1, 0.15) is 12.7 Å². The van der Waals surface area contributed by atoms with Crippen LogP contribution in [0.2, 0.25) is 0 Å². The fourth-order valence-electron chi connectivity index (χ4n) is 2.67. The van der Waals surface area contributed by atoms with Crippen LogP contribution in [0.4, 0.5) is 0 Å². The van der Waals surface area contributed by atoms with E-state index in [-0.39, 0.29) is 11.7 Å². The summed E-state index contributed by atoms with van der Waals surface area (Å²) in [7, 11) is 3.47. The van der Waals surface area contributed by atoms with Gasteiger partial charge in [0.2, 0.25) is 0 Å². The fourth-order valence-corrected chi connectivity index (χ4v) is 2.83. The first kappa shape index (κ1) is 26.2. The van der Waals surface area contributed by atoms with Gasteiger partial charge in [-0.2, -0.15) is 0 Å². The normalized spacial score (nSPS) is 25.3. The van der Waals surface area contributed by atoms with E-state index < -0.39 is 54.5 Å². The van der Waals surface area contributed by atoms with Crippen LogP contribution < -0.4 is 5.32 Å². The first-order chi connectivity index (χ1) is 14.4. The molecule has 0 bridgehead atoms. The monoisotopic (exact) mass is 461 g/mol. The second-order valence-electron chi connectivity index (χ2n) is 6.78. The maximum atomic E-state index is 11.7. The number of hydrogen-bond acceptors (Lipinski definition) is 10. The van der Waals surface area contributed by atoms with E-state index in [1.807, 2.05) is 0 Å². The minimum absolute atomic E-state index is 0.0189. The maximum Gasteiger partial charge on any atom is 0.303 e. The highest BCUT2D eigenvalue weighted by Gasteiger charge is 2.52. The predicted molar refractivity (Wildman–Crippen MR) is 110 cm³/mol. The molecule has 0 aromatic carbocycles. The van der Waals surface area contributed by atoms with Gasteiger partial charge in [-0.1, -0.05) is 0 Å². The molecule has 0 amide bonds. The Kier molecular flexibility index (Phi) is 10.3. The third-order valence-corrected chi connectivity index (χ3v) is 3.89. The Morgan fingerprint density at radius 2 is 1.45 bits per heavy atom. The lowest BCUT2D eigenvalue weighted by molar-refractivity contribution is -0.254. The summed E-state index contributed by atoms with van der Waals surface area (Å²) in [5, 5.41) is 2.74. The van der Waals surface area contributed by atoms with Gasteiger partial charge in [0.05, 0.1) is 6.34 Å². The van der Waals surface area contributed by atoms with Gasteiger partial charge < -0.3 is 33.9 Å². The van der Waals surface area contributed by atoms with Crippen LogP contribution in [-0.2, 0) is 42.9 Å². The van der Waals surface area contributed by atoms with Crippen molar-refractivity contribution in [1.82, 2.24) is 10.2 Å².